The minimum Gasteiger partial charge on any atom is -0.508 e. The molecule has 21 heavy (non-hydrogen) atoms. The Hall–Kier alpha value is -2.89. The first kappa shape index (κ1) is 14.5. The van der Waals surface area contributed by atoms with Gasteiger partial charge in [0.15, 0.2) is 0 Å². The number of aromatic hydroxyl groups is 1. The van der Waals surface area contributed by atoms with Crippen LogP contribution in [0.5, 0.6) is 5.75 Å². The molecule has 0 aromatic heterocycles. The van der Waals surface area contributed by atoms with E-state index in [1.807, 2.05) is 0 Å². The average molecular weight is 288 g/mol. The lowest BCUT2D eigenvalue weighted by Gasteiger charge is -2.06. The molecule has 0 aliphatic rings. The van der Waals surface area contributed by atoms with Gasteiger partial charge in [-0.05, 0) is 42.0 Å². The van der Waals surface area contributed by atoms with E-state index >= 15 is 0 Å². The lowest BCUT2D eigenvalue weighted by molar-refractivity contribution is -0.136. The Morgan fingerprint density at radius 2 is 1.57 bits per heavy atom. The topological polar surface area (TPSA) is 78.4 Å². The molecule has 0 aliphatic heterocycles. The highest BCUT2D eigenvalue weighted by molar-refractivity contribution is 6.39. The zero-order chi connectivity index (χ0) is 15.2. The quantitative estimate of drug-likeness (QED) is 0.595. The molecule has 0 saturated heterocycles. The second-order valence-corrected chi connectivity index (χ2v) is 4.31. The molecular weight excluding hydrogens is 275 g/mol. The molecule has 0 spiro atoms. The molecule has 5 nitrogen and oxygen atoms in total. The average Bonchev–Trinajstić information content (AvgIpc) is 2.48. The minimum absolute atomic E-state index is 0.0637. The number of nitrogens with one attached hydrogen (secondary N) is 2. The smallest absolute Gasteiger partial charge is 0.313 e. The molecule has 6 heteroatoms. The van der Waals surface area contributed by atoms with Gasteiger partial charge in [0, 0.05) is 12.2 Å². The van der Waals surface area contributed by atoms with E-state index in [4.69, 9.17) is 5.11 Å². The summed E-state index contributed by atoms with van der Waals surface area (Å²) in [6.45, 7) is 0.127. The molecule has 2 aromatic rings. The number of carbonyl (C=O) groups is 2. The number of carbonyl (C=O) groups excluding carboxylic acids is 2. The summed E-state index contributed by atoms with van der Waals surface area (Å²) in [7, 11) is 0. The molecule has 0 saturated carbocycles. The first-order valence-corrected chi connectivity index (χ1v) is 6.17. The minimum atomic E-state index is -0.817. The number of benzene rings is 2. The third-order valence-electron chi connectivity index (χ3n) is 2.70. The molecule has 0 unspecified atom stereocenters. The first-order valence-electron chi connectivity index (χ1n) is 6.17. The van der Waals surface area contributed by atoms with Gasteiger partial charge >= 0.3 is 11.8 Å². The van der Waals surface area contributed by atoms with Crippen molar-refractivity contribution in [2.75, 3.05) is 5.32 Å². The summed E-state index contributed by atoms with van der Waals surface area (Å²) in [6, 6.07) is 11.3. The van der Waals surface area contributed by atoms with Crippen LogP contribution >= 0.6 is 0 Å². The van der Waals surface area contributed by atoms with Crippen molar-refractivity contribution in [3.05, 3.63) is 59.9 Å². The highest BCUT2D eigenvalue weighted by Gasteiger charge is 2.13. The van der Waals surface area contributed by atoms with Crippen LogP contribution in [0.3, 0.4) is 0 Å². The van der Waals surface area contributed by atoms with Gasteiger partial charge in [0.05, 0.1) is 0 Å². The van der Waals surface area contributed by atoms with Crippen LogP contribution in [0.1, 0.15) is 5.56 Å². The van der Waals surface area contributed by atoms with Gasteiger partial charge in [-0.25, -0.2) is 4.39 Å². The second-order valence-electron chi connectivity index (χ2n) is 4.31. The molecule has 3 N–H and O–H groups in total. The summed E-state index contributed by atoms with van der Waals surface area (Å²) in [5, 5.41) is 13.9. The Kier molecular flexibility index (Phi) is 4.50. The van der Waals surface area contributed by atoms with Crippen LogP contribution in [0.25, 0.3) is 0 Å². The molecule has 0 aliphatic carbocycles. The number of hydrogen-bond donors (Lipinski definition) is 3. The number of hydrogen-bond acceptors (Lipinski definition) is 3. The zero-order valence-corrected chi connectivity index (χ0v) is 11.0. The Morgan fingerprint density at radius 3 is 2.19 bits per heavy atom. The molecule has 0 atom stereocenters. The molecular formula is C15H13FN2O3. The van der Waals surface area contributed by atoms with Crippen LogP contribution in [0.2, 0.25) is 0 Å². The molecule has 0 bridgehead atoms. The van der Waals surface area contributed by atoms with E-state index in [0.717, 1.165) is 0 Å². The van der Waals surface area contributed by atoms with Gasteiger partial charge in [-0.1, -0.05) is 12.1 Å². The van der Waals surface area contributed by atoms with E-state index in [1.54, 1.807) is 0 Å². The summed E-state index contributed by atoms with van der Waals surface area (Å²) >= 11 is 0. The SMILES string of the molecule is O=C(NCc1ccc(F)cc1)C(=O)Nc1ccc(O)cc1. The summed E-state index contributed by atoms with van der Waals surface area (Å²) < 4.78 is 12.7. The van der Waals surface area contributed by atoms with Crippen molar-refractivity contribution in [3.8, 4) is 5.75 Å². The predicted molar refractivity (Wildman–Crippen MR) is 75.0 cm³/mol. The van der Waals surface area contributed by atoms with Gasteiger partial charge in [0.2, 0.25) is 0 Å². The second kappa shape index (κ2) is 6.51. The fourth-order valence-corrected chi connectivity index (χ4v) is 1.60. The van der Waals surface area contributed by atoms with Crippen LogP contribution in [0.15, 0.2) is 48.5 Å². The maximum absolute atomic E-state index is 12.7. The summed E-state index contributed by atoms with van der Waals surface area (Å²) in [6.07, 6.45) is 0. The maximum atomic E-state index is 12.7. The normalized spacial score (nSPS) is 9.95. The van der Waals surface area contributed by atoms with Gasteiger partial charge in [0.25, 0.3) is 0 Å². The largest absolute Gasteiger partial charge is 0.508 e. The summed E-state index contributed by atoms with van der Waals surface area (Å²) in [5.74, 6) is -1.92. The predicted octanol–water partition coefficient (Wildman–Crippen LogP) is 1.79. The van der Waals surface area contributed by atoms with E-state index in [2.05, 4.69) is 10.6 Å². The number of phenols is 1. The van der Waals surface area contributed by atoms with E-state index in [9.17, 15) is 14.0 Å². The van der Waals surface area contributed by atoms with Crippen LogP contribution in [-0.2, 0) is 16.1 Å². The molecule has 0 heterocycles. The van der Waals surface area contributed by atoms with Crippen molar-refractivity contribution in [1.82, 2.24) is 5.32 Å². The molecule has 2 aromatic carbocycles. The van der Waals surface area contributed by atoms with Gasteiger partial charge in [-0.2, -0.15) is 0 Å². The van der Waals surface area contributed by atoms with E-state index < -0.39 is 11.8 Å². The van der Waals surface area contributed by atoms with E-state index in [0.29, 0.717) is 11.3 Å². The number of phenolic OH excluding ortho intramolecular Hbond substituents is 1. The van der Waals surface area contributed by atoms with Crippen LogP contribution in [-0.4, -0.2) is 16.9 Å². The van der Waals surface area contributed by atoms with Crippen molar-refractivity contribution in [3.63, 3.8) is 0 Å². The summed E-state index contributed by atoms with van der Waals surface area (Å²) in [5.41, 5.74) is 1.08. The number of rotatable bonds is 3. The molecule has 0 radical (unpaired) electrons. The monoisotopic (exact) mass is 288 g/mol. The van der Waals surface area contributed by atoms with Crippen molar-refractivity contribution >= 4 is 17.5 Å². The van der Waals surface area contributed by atoms with Crippen LogP contribution in [0, 0.1) is 5.82 Å². The number of anilines is 1. The maximum Gasteiger partial charge on any atom is 0.313 e. The zero-order valence-electron chi connectivity index (χ0n) is 11.0. The Bertz CT molecular complexity index is 639. The Labute approximate surface area is 120 Å². The van der Waals surface area contributed by atoms with Gasteiger partial charge < -0.3 is 15.7 Å². The number of amides is 2. The summed E-state index contributed by atoms with van der Waals surface area (Å²) in [4.78, 5) is 23.2. The lowest BCUT2D eigenvalue weighted by Crippen LogP contribution is -2.34. The van der Waals surface area contributed by atoms with Crippen molar-refractivity contribution in [1.29, 1.82) is 0 Å². The highest BCUT2D eigenvalue weighted by Crippen LogP contribution is 2.13. The van der Waals surface area contributed by atoms with E-state index in [1.165, 1.54) is 48.5 Å². The van der Waals surface area contributed by atoms with Crippen LogP contribution < -0.4 is 10.6 Å². The fraction of sp³-hybridized carbons (Fsp3) is 0.0667. The molecule has 0 fully saturated rings. The first-order chi connectivity index (χ1) is 10.0. The van der Waals surface area contributed by atoms with Crippen molar-refractivity contribution in [2.45, 2.75) is 6.54 Å². The Morgan fingerprint density at radius 1 is 0.952 bits per heavy atom. The standard InChI is InChI=1S/C15H13FN2O3/c16-11-3-1-10(2-4-11)9-17-14(20)15(21)18-12-5-7-13(19)8-6-12/h1-8,19H,9H2,(H,17,20)(H,18,21). The molecule has 108 valence electrons. The Balaban J connectivity index is 1.86. The van der Waals surface area contributed by atoms with Gasteiger partial charge in [-0.3, -0.25) is 9.59 Å². The highest BCUT2D eigenvalue weighted by atomic mass is 19.1. The van der Waals surface area contributed by atoms with Gasteiger partial charge in [-0.15, -0.1) is 0 Å². The lowest BCUT2D eigenvalue weighted by atomic mass is 10.2. The molecule has 2 rings (SSSR count). The van der Waals surface area contributed by atoms with Crippen LogP contribution in [0.4, 0.5) is 10.1 Å². The molecule has 2 amide bonds. The van der Waals surface area contributed by atoms with Crippen molar-refractivity contribution in [2.24, 2.45) is 0 Å². The van der Waals surface area contributed by atoms with E-state index in [-0.39, 0.29) is 18.1 Å². The third-order valence-corrected chi connectivity index (χ3v) is 2.70. The number of halogens is 1. The van der Waals surface area contributed by atoms with Gasteiger partial charge in [0.1, 0.15) is 11.6 Å². The third kappa shape index (κ3) is 4.31. The fourth-order valence-electron chi connectivity index (χ4n) is 1.60. The van der Waals surface area contributed by atoms with Crippen molar-refractivity contribution < 1.29 is 19.1 Å².